The Hall–Kier alpha value is -3.61. The number of methoxy groups -OCH3 is 2. The summed E-state index contributed by atoms with van der Waals surface area (Å²) >= 11 is 0. The minimum atomic E-state index is -0.386. The first kappa shape index (κ1) is 23.5. The Balaban J connectivity index is 0.000000336. The highest BCUT2D eigenvalue weighted by Crippen LogP contribution is 2.49. The molecule has 2 heterocycles. The molecule has 1 aromatic heterocycles. The molecule has 34 heavy (non-hydrogen) atoms. The highest BCUT2D eigenvalue weighted by molar-refractivity contribution is 5.97. The zero-order valence-corrected chi connectivity index (χ0v) is 19.8. The fraction of sp³-hybridized carbons (Fsp3) is 0.333. The summed E-state index contributed by atoms with van der Waals surface area (Å²) in [5.41, 5.74) is 3.08. The van der Waals surface area contributed by atoms with E-state index in [4.69, 9.17) is 9.47 Å². The standard InChI is InChI=1S/C22H22N2O3.C5H8FN/c1-14-6-7-15(26-2)11-18(14)21(25)24-22(8-9-22)19-12-16(27-3)13-20-17(19)5-4-10-23-20;6-2-5-7-3-1-4-7/h4-7,10-13H,8-9H2,1-3H3,(H,24,25);1,3H,2,4-5H2. The number of halogens is 1. The molecule has 0 spiro atoms. The number of aromatic nitrogens is 1. The van der Waals surface area contributed by atoms with Gasteiger partial charge in [-0.2, -0.15) is 0 Å². The maximum atomic E-state index is 13.0. The van der Waals surface area contributed by atoms with Crippen molar-refractivity contribution in [2.24, 2.45) is 0 Å². The number of alkyl halides is 1. The van der Waals surface area contributed by atoms with Crippen molar-refractivity contribution >= 4 is 16.8 Å². The average Bonchev–Trinajstić information content (AvgIpc) is 3.61. The van der Waals surface area contributed by atoms with E-state index in [0.29, 0.717) is 17.9 Å². The normalized spacial score (nSPS) is 15.1. The second-order valence-electron chi connectivity index (χ2n) is 8.53. The van der Waals surface area contributed by atoms with Gasteiger partial charge in [0.1, 0.15) is 18.2 Å². The van der Waals surface area contributed by atoms with Crippen molar-refractivity contribution in [1.82, 2.24) is 15.2 Å². The Kier molecular flexibility index (Phi) is 7.01. The summed E-state index contributed by atoms with van der Waals surface area (Å²) in [4.78, 5) is 19.4. The van der Waals surface area contributed by atoms with Gasteiger partial charge in [0.05, 0.1) is 25.3 Å². The first-order chi connectivity index (χ1) is 16.5. The van der Waals surface area contributed by atoms with Gasteiger partial charge in [0.15, 0.2) is 0 Å². The van der Waals surface area contributed by atoms with Crippen LogP contribution in [-0.4, -0.2) is 49.8 Å². The van der Waals surface area contributed by atoms with E-state index in [0.717, 1.165) is 47.2 Å². The molecule has 2 aliphatic rings. The van der Waals surface area contributed by atoms with E-state index >= 15 is 0 Å². The fourth-order valence-electron chi connectivity index (χ4n) is 4.04. The zero-order chi connectivity index (χ0) is 24.1. The van der Waals surface area contributed by atoms with Gasteiger partial charge in [-0.25, -0.2) is 4.39 Å². The van der Waals surface area contributed by atoms with Gasteiger partial charge in [0, 0.05) is 36.3 Å². The van der Waals surface area contributed by atoms with Crippen molar-refractivity contribution in [3.05, 3.63) is 77.6 Å². The van der Waals surface area contributed by atoms with Gasteiger partial charge >= 0.3 is 0 Å². The van der Waals surface area contributed by atoms with Crippen LogP contribution in [0.1, 0.15) is 34.3 Å². The van der Waals surface area contributed by atoms with Crippen LogP contribution in [0.3, 0.4) is 0 Å². The van der Waals surface area contributed by atoms with E-state index in [1.165, 1.54) is 0 Å². The van der Waals surface area contributed by atoms with Crippen LogP contribution in [0.4, 0.5) is 4.39 Å². The minimum absolute atomic E-state index is 0.0937. The largest absolute Gasteiger partial charge is 0.497 e. The van der Waals surface area contributed by atoms with Gasteiger partial charge in [-0.1, -0.05) is 12.1 Å². The number of nitrogens with zero attached hydrogens (tertiary/aromatic N) is 2. The number of pyridine rings is 1. The molecule has 5 rings (SSSR count). The van der Waals surface area contributed by atoms with Gasteiger partial charge in [-0.05, 0) is 67.4 Å². The first-order valence-corrected chi connectivity index (χ1v) is 11.4. The Bertz CT molecular complexity index is 1210. The third-order valence-corrected chi connectivity index (χ3v) is 6.27. The monoisotopic (exact) mass is 463 g/mol. The van der Waals surface area contributed by atoms with Gasteiger partial charge in [0.2, 0.25) is 0 Å². The third kappa shape index (κ3) is 4.98. The predicted molar refractivity (Wildman–Crippen MR) is 131 cm³/mol. The topological polar surface area (TPSA) is 63.7 Å². The zero-order valence-electron chi connectivity index (χ0n) is 19.8. The van der Waals surface area contributed by atoms with Crippen molar-refractivity contribution in [1.29, 1.82) is 0 Å². The number of ether oxygens (including phenoxy) is 2. The van der Waals surface area contributed by atoms with Crippen molar-refractivity contribution in [3.63, 3.8) is 0 Å². The molecule has 1 aliphatic heterocycles. The Labute approximate surface area is 199 Å². The summed E-state index contributed by atoms with van der Waals surface area (Å²) < 4.78 is 22.1. The van der Waals surface area contributed by atoms with Gasteiger partial charge in [0.25, 0.3) is 5.91 Å². The van der Waals surface area contributed by atoms with Crippen molar-refractivity contribution in [3.8, 4) is 11.5 Å². The molecule has 1 N–H and O–H groups in total. The lowest BCUT2D eigenvalue weighted by atomic mass is 9.97. The van der Waals surface area contributed by atoms with Crippen LogP contribution in [0.15, 0.2) is 60.9 Å². The number of carbonyl (C=O) groups is 1. The Morgan fingerprint density at radius 3 is 2.50 bits per heavy atom. The molecule has 0 atom stereocenters. The van der Waals surface area contributed by atoms with E-state index in [-0.39, 0.29) is 18.1 Å². The van der Waals surface area contributed by atoms with E-state index in [1.807, 2.05) is 60.5 Å². The van der Waals surface area contributed by atoms with E-state index < -0.39 is 0 Å². The molecular weight excluding hydrogens is 433 g/mol. The summed E-state index contributed by atoms with van der Waals surface area (Å²) in [6.07, 6.45) is 7.45. The molecule has 2 aromatic carbocycles. The van der Waals surface area contributed by atoms with Gasteiger partial charge in [-0.3, -0.25) is 9.78 Å². The highest BCUT2D eigenvalue weighted by Gasteiger charge is 2.47. The summed E-state index contributed by atoms with van der Waals surface area (Å²) in [5.74, 6) is 1.32. The predicted octanol–water partition coefficient (Wildman–Crippen LogP) is 4.76. The van der Waals surface area contributed by atoms with Crippen LogP contribution >= 0.6 is 0 Å². The molecule has 6 nitrogen and oxygen atoms in total. The molecule has 1 aliphatic carbocycles. The first-order valence-electron chi connectivity index (χ1n) is 11.4. The molecule has 1 amide bonds. The summed E-state index contributed by atoms with van der Waals surface area (Å²) in [6, 6.07) is 13.4. The fourth-order valence-corrected chi connectivity index (χ4v) is 4.04. The third-order valence-electron chi connectivity index (χ3n) is 6.27. The number of rotatable bonds is 7. The number of fused-ring (bicyclic) bond motifs is 1. The lowest BCUT2D eigenvalue weighted by Gasteiger charge is -2.22. The maximum absolute atomic E-state index is 13.0. The molecular formula is C27H30FN3O3. The molecule has 0 saturated heterocycles. The molecule has 0 bridgehead atoms. The number of aryl methyl sites for hydroxylation is 1. The SMILES string of the molecule is COc1ccc(C)c(C(=O)NC2(c3cc(OC)cc4ncccc34)CC2)c1.FCCN1C=CC1. The van der Waals surface area contributed by atoms with Crippen LogP contribution in [0, 0.1) is 6.92 Å². The molecule has 3 aromatic rings. The van der Waals surface area contributed by atoms with E-state index in [2.05, 4.69) is 10.3 Å². The summed E-state index contributed by atoms with van der Waals surface area (Å²) in [5, 5.41) is 4.30. The molecule has 1 fully saturated rings. The quantitative estimate of drug-likeness (QED) is 0.547. The highest BCUT2D eigenvalue weighted by atomic mass is 19.1. The summed E-state index contributed by atoms with van der Waals surface area (Å²) in [6.45, 7) is 3.20. The number of hydrogen-bond acceptors (Lipinski definition) is 5. The van der Waals surface area contributed by atoms with Crippen LogP contribution in [-0.2, 0) is 5.54 Å². The minimum Gasteiger partial charge on any atom is -0.497 e. The van der Waals surface area contributed by atoms with E-state index in [9.17, 15) is 9.18 Å². The van der Waals surface area contributed by atoms with Crippen molar-refractivity contribution in [2.75, 3.05) is 34.0 Å². The molecule has 1 saturated carbocycles. The molecule has 0 unspecified atom stereocenters. The van der Waals surface area contributed by atoms with Crippen LogP contribution in [0.2, 0.25) is 0 Å². The summed E-state index contributed by atoms with van der Waals surface area (Å²) in [7, 11) is 3.25. The lowest BCUT2D eigenvalue weighted by Crippen LogP contribution is -2.35. The Morgan fingerprint density at radius 1 is 1.15 bits per heavy atom. The van der Waals surface area contributed by atoms with Crippen LogP contribution < -0.4 is 14.8 Å². The van der Waals surface area contributed by atoms with Crippen LogP contribution in [0.25, 0.3) is 10.9 Å². The van der Waals surface area contributed by atoms with Crippen LogP contribution in [0.5, 0.6) is 11.5 Å². The molecule has 0 radical (unpaired) electrons. The van der Waals surface area contributed by atoms with E-state index in [1.54, 1.807) is 26.5 Å². The smallest absolute Gasteiger partial charge is 0.252 e. The number of carbonyl (C=O) groups excluding carboxylic acids is 1. The molecule has 7 heteroatoms. The lowest BCUT2D eigenvalue weighted by molar-refractivity contribution is 0.0930. The number of benzene rings is 2. The van der Waals surface area contributed by atoms with Gasteiger partial charge < -0.3 is 19.7 Å². The number of hydrogen-bond donors (Lipinski definition) is 1. The second kappa shape index (κ2) is 10.1. The second-order valence-corrected chi connectivity index (χ2v) is 8.53. The van der Waals surface area contributed by atoms with Crippen molar-refractivity contribution in [2.45, 2.75) is 25.3 Å². The average molecular weight is 464 g/mol. The van der Waals surface area contributed by atoms with Crippen molar-refractivity contribution < 1.29 is 18.7 Å². The molecule has 178 valence electrons. The maximum Gasteiger partial charge on any atom is 0.252 e. The number of amides is 1. The van der Waals surface area contributed by atoms with Gasteiger partial charge in [-0.15, -0.1) is 0 Å². The Morgan fingerprint density at radius 2 is 1.91 bits per heavy atom. The number of nitrogens with one attached hydrogen (secondary N) is 1.